The Labute approximate surface area is 172 Å². The molecule has 0 fully saturated rings. The SMILES string of the molecule is COc1cc(C)ccc1OCC(=O)OCc1cc(=O)oc2ccc3ccccc3c12. The molecule has 0 bridgehead atoms. The molecular formula is C24H20O6. The fraction of sp³-hybridized carbons (Fsp3) is 0.167. The van der Waals surface area contributed by atoms with Crippen molar-refractivity contribution < 1.29 is 23.4 Å². The molecule has 0 radical (unpaired) electrons. The van der Waals surface area contributed by atoms with Crippen LogP contribution in [0.15, 0.2) is 69.9 Å². The number of methoxy groups -OCH3 is 1. The molecule has 0 aliphatic rings. The van der Waals surface area contributed by atoms with E-state index in [4.69, 9.17) is 18.6 Å². The monoisotopic (exact) mass is 404 g/mol. The second kappa shape index (κ2) is 8.29. The van der Waals surface area contributed by atoms with Gasteiger partial charge in [-0.05, 0) is 41.5 Å². The maximum Gasteiger partial charge on any atom is 0.344 e. The fourth-order valence-corrected chi connectivity index (χ4v) is 3.36. The van der Waals surface area contributed by atoms with E-state index in [9.17, 15) is 9.59 Å². The lowest BCUT2D eigenvalue weighted by Crippen LogP contribution is -2.15. The van der Waals surface area contributed by atoms with Crippen molar-refractivity contribution >= 4 is 27.7 Å². The normalized spacial score (nSPS) is 10.9. The van der Waals surface area contributed by atoms with Gasteiger partial charge in [-0.15, -0.1) is 0 Å². The first-order chi connectivity index (χ1) is 14.5. The van der Waals surface area contributed by atoms with Crippen molar-refractivity contribution in [2.75, 3.05) is 13.7 Å². The molecule has 4 aromatic rings. The van der Waals surface area contributed by atoms with E-state index in [-0.39, 0.29) is 13.2 Å². The van der Waals surface area contributed by atoms with Gasteiger partial charge in [0.25, 0.3) is 0 Å². The van der Waals surface area contributed by atoms with Gasteiger partial charge in [-0.25, -0.2) is 9.59 Å². The predicted molar refractivity (Wildman–Crippen MR) is 113 cm³/mol. The molecule has 30 heavy (non-hydrogen) atoms. The molecule has 1 aromatic heterocycles. The van der Waals surface area contributed by atoms with Gasteiger partial charge in [0.15, 0.2) is 18.1 Å². The molecule has 3 aromatic carbocycles. The minimum atomic E-state index is -0.556. The van der Waals surface area contributed by atoms with Crippen LogP contribution in [0.3, 0.4) is 0 Å². The zero-order valence-corrected chi connectivity index (χ0v) is 16.6. The average molecular weight is 404 g/mol. The highest BCUT2D eigenvalue weighted by molar-refractivity contribution is 6.07. The Balaban J connectivity index is 1.53. The Kier molecular flexibility index (Phi) is 5.39. The number of esters is 1. The van der Waals surface area contributed by atoms with Gasteiger partial charge in [0.05, 0.1) is 7.11 Å². The van der Waals surface area contributed by atoms with E-state index in [2.05, 4.69) is 0 Å². The maximum atomic E-state index is 12.3. The summed E-state index contributed by atoms with van der Waals surface area (Å²) >= 11 is 0. The average Bonchev–Trinajstić information content (AvgIpc) is 2.76. The largest absolute Gasteiger partial charge is 0.493 e. The third kappa shape index (κ3) is 3.98. The van der Waals surface area contributed by atoms with Gasteiger partial charge in [-0.1, -0.05) is 36.4 Å². The number of hydrogen-bond donors (Lipinski definition) is 0. The van der Waals surface area contributed by atoms with Gasteiger partial charge >= 0.3 is 11.6 Å². The Hall–Kier alpha value is -3.80. The molecule has 0 saturated carbocycles. The lowest BCUT2D eigenvalue weighted by Gasteiger charge is -2.12. The van der Waals surface area contributed by atoms with Crippen LogP contribution < -0.4 is 15.1 Å². The Morgan fingerprint density at radius 1 is 1.00 bits per heavy atom. The first-order valence-electron chi connectivity index (χ1n) is 9.42. The summed E-state index contributed by atoms with van der Waals surface area (Å²) in [4.78, 5) is 24.2. The summed E-state index contributed by atoms with van der Waals surface area (Å²) in [5.41, 5.74) is 1.56. The maximum absolute atomic E-state index is 12.3. The van der Waals surface area contributed by atoms with E-state index in [1.165, 1.54) is 13.2 Å². The molecule has 6 nitrogen and oxygen atoms in total. The highest BCUT2D eigenvalue weighted by atomic mass is 16.6. The highest BCUT2D eigenvalue weighted by Gasteiger charge is 2.13. The zero-order valence-electron chi connectivity index (χ0n) is 16.6. The topological polar surface area (TPSA) is 75.0 Å². The van der Waals surface area contributed by atoms with Gasteiger partial charge in [0, 0.05) is 17.0 Å². The first-order valence-corrected chi connectivity index (χ1v) is 9.42. The lowest BCUT2D eigenvalue weighted by atomic mass is 10.0. The van der Waals surface area contributed by atoms with Crippen molar-refractivity contribution in [2.24, 2.45) is 0 Å². The standard InChI is InChI=1S/C24H20O6/c1-15-7-9-19(21(11-15)27-2)28-14-23(26)29-13-17-12-22(25)30-20-10-8-16-5-3-4-6-18(16)24(17)20/h3-12H,13-14H2,1-2H3. The molecule has 0 atom stereocenters. The quantitative estimate of drug-likeness (QED) is 0.270. The number of carbonyl (C=O) groups excluding carboxylic acids is 1. The molecule has 0 saturated heterocycles. The van der Waals surface area contributed by atoms with Crippen molar-refractivity contribution in [3.05, 3.63) is 82.2 Å². The molecule has 0 aliphatic carbocycles. The van der Waals surface area contributed by atoms with Gasteiger partial charge in [0.1, 0.15) is 12.2 Å². The summed E-state index contributed by atoms with van der Waals surface area (Å²) in [5.74, 6) is 0.442. The minimum Gasteiger partial charge on any atom is -0.493 e. The van der Waals surface area contributed by atoms with Gasteiger partial charge < -0.3 is 18.6 Å². The van der Waals surface area contributed by atoms with Crippen LogP contribution in [0.25, 0.3) is 21.7 Å². The third-order valence-electron chi connectivity index (χ3n) is 4.77. The van der Waals surface area contributed by atoms with Crippen LogP contribution in [-0.2, 0) is 16.1 Å². The number of benzene rings is 3. The van der Waals surface area contributed by atoms with Crippen molar-refractivity contribution in [3.8, 4) is 11.5 Å². The summed E-state index contributed by atoms with van der Waals surface area (Å²) in [6.07, 6.45) is 0. The third-order valence-corrected chi connectivity index (χ3v) is 4.77. The molecule has 6 heteroatoms. The Bertz CT molecular complexity index is 1290. The summed E-state index contributed by atoms with van der Waals surface area (Å²) in [7, 11) is 1.54. The number of aryl methyl sites for hydroxylation is 1. The molecule has 1 heterocycles. The molecule has 0 unspecified atom stereocenters. The number of hydrogen-bond acceptors (Lipinski definition) is 6. The number of rotatable bonds is 6. The van der Waals surface area contributed by atoms with Gasteiger partial charge in [-0.3, -0.25) is 0 Å². The summed E-state index contributed by atoms with van der Waals surface area (Å²) in [5, 5.41) is 2.67. The minimum absolute atomic E-state index is 0.0661. The van der Waals surface area contributed by atoms with E-state index < -0.39 is 11.6 Å². The van der Waals surface area contributed by atoms with Crippen LogP contribution in [0.1, 0.15) is 11.1 Å². The van der Waals surface area contributed by atoms with Crippen molar-refractivity contribution in [1.29, 1.82) is 0 Å². The van der Waals surface area contributed by atoms with Crippen molar-refractivity contribution in [1.82, 2.24) is 0 Å². The number of carbonyl (C=O) groups is 1. The molecule has 0 amide bonds. The summed E-state index contributed by atoms with van der Waals surface area (Å²) < 4.78 is 21.5. The molecular weight excluding hydrogens is 384 g/mol. The lowest BCUT2D eigenvalue weighted by molar-refractivity contribution is -0.147. The van der Waals surface area contributed by atoms with E-state index in [1.54, 1.807) is 12.1 Å². The first kappa shape index (κ1) is 19.5. The predicted octanol–water partition coefficient (Wildman–Crippen LogP) is 4.39. The van der Waals surface area contributed by atoms with Crippen LogP contribution in [0.2, 0.25) is 0 Å². The van der Waals surface area contributed by atoms with Crippen LogP contribution in [-0.4, -0.2) is 19.7 Å². The molecule has 4 rings (SSSR count). The van der Waals surface area contributed by atoms with Crippen molar-refractivity contribution in [3.63, 3.8) is 0 Å². The summed E-state index contributed by atoms with van der Waals surface area (Å²) in [6, 6.07) is 18.2. The number of fused-ring (bicyclic) bond motifs is 3. The second-order valence-corrected chi connectivity index (χ2v) is 6.85. The molecule has 152 valence electrons. The van der Waals surface area contributed by atoms with Crippen LogP contribution >= 0.6 is 0 Å². The van der Waals surface area contributed by atoms with Crippen LogP contribution in [0.5, 0.6) is 11.5 Å². The van der Waals surface area contributed by atoms with E-state index in [1.807, 2.05) is 49.4 Å². The molecule has 0 spiro atoms. The molecule has 0 N–H and O–H groups in total. The fourth-order valence-electron chi connectivity index (χ4n) is 3.36. The Morgan fingerprint density at radius 2 is 1.83 bits per heavy atom. The van der Waals surface area contributed by atoms with E-state index in [0.29, 0.717) is 22.6 Å². The highest BCUT2D eigenvalue weighted by Crippen LogP contribution is 2.29. The summed E-state index contributed by atoms with van der Waals surface area (Å²) in [6.45, 7) is 1.59. The van der Waals surface area contributed by atoms with Crippen LogP contribution in [0.4, 0.5) is 0 Å². The molecule has 0 aliphatic heterocycles. The zero-order chi connectivity index (χ0) is 21.1. The van der Waals surface area contributed by atoms with Gasteiger partial charge in [-0.2, -0.15) is 0 Å². The van der Waals surface area contributed by atoms with Crippen LogP contribution in [0, 0.1) is 6.92 Å². The van der Waals surface area contributed by atoms with E-state index >= 15 is 0 Å². The smallest absolute Gasteiger partial charge is 0.344 e. The second-order valence-electron chi connectivity index (χ2n) is 6.85. The number of ether oxygens (including phenoxy) is 3. The Morgan fingerprint density at radius 3 is 2.67 bits per heavy atom. The van der Waals surface area contributed by atoms with Crippen molar-refractivity contribution in [2.45, 2.75) is 13.5 Å². The van der Waals surface area contributed by atoms with Gasteiger partial charge in [0.2, 0.25) is 0 Å². The van der Waals surface area contributed by atoms with E-state index in [0.717, 1.165) is 21.7 Å².